The number of aromatic nitrogens is 3. The maximum atomic E-state index is 13.8. The van der Waals surface area contributed by atoms with E-state index >= 15 is 0 Å². The third-order valence-electron chi connectivity index (χ3n) is 3.99. The van der Waals surface area contributed by atoms with E-state index in [1.54, 1.807) is 24.5 Å². The van der Waals surface area contributed by atoms with Crippen molar-refractivity contribution in [1.82, 2.24) is 10.3 Å². The molecule has 0 aliphatic carbocycles. The first-order valence-corrected chi connectivity index (χ1v) is 8.24. The normalized spacial score (nSPS) is 12.1. The van der Waals surface area contributed by atoms with Crippen LogP contribution in [0.25, 0.3) is 0 Å². The Hall–Kier alpha value is -2.96. The van der Waals surface area contributed by atoms with Crippen LogP contribution in [0, 0.1) is 11.6 Å². The fourth-order valence-electron chi connectivity index (χ4n) is 2.64. The second-order valence-electron chi connectivity index (χ2n) is 6.15. The molecule has 0 saturated heterocycles. The number of halogens is 2. The zero-order valence-electron chi connectivity index (χ0n) is 14.2. The summed E-state index contributed by atoms with van der Waals surface area (Å²) in [4.78, 5) is 16.2. The van der Waals surface area contributed by atoms with Gasteiger partial charge in [-0.15, -0.1) is 0 Å². The second kappa shape index (κ2) is 7.95. The molecule has 26 heavy (non-hydrogen) atoms. The maximum Gasteiger partial charge on any atom is 0.241 e. The molecule has 0 spiro atoms. The number of hydrogen-bond donors (Lipinski definition) is 0. The van der Waals surface area contributed by atoms with Gasteiger partial charge in [0.25, 0.3) is 0 Å². The molecule has 0 fully saturated rings. The van der Waals surface area contributed by atoms with Crippen LogP contribution in [-0.2, 0) is 24.1 Å². The SMILES string of the molecule is CC(Cc1ccc(F)cc1F)[n+]1cc(CC(=O)Cc2ccccn2)on1. The van der Waals surface area contributed by atoms with Gasteiger partial charge in [-0.3, -0.25) is 9.78 Å². The molecule has 5 nitrogen and oxygen atoms in total. The van der Waals surface area contributed by atoms with Crippen molar-refractivity contribution in [3.8, 4) is 0 Å². The number of rotatable bonds is 7. The summed E-state index contributed by atoms with van der Waals surface area (Å²) in [6, 6.07) is 8.69. The van der Waals surface area contributed by atoms with Crippen molar-refractivity contribution >= 4 is 5.78 Å². The number of pyridine rings is 1. The van der Waals surface area contributed by atoms with E-state index in [1.165, 1.54) is 16.8 Å². The van der Waals surface area contributed by atoms with E-state index < -0.39 is 11.6 Å². The molecule has 0 amide bonds. The Kier molecular flexibility index (Phi) is 5.46. The Labute approximate surface area is 149 Å². The first-order valence-electron chi connectivity index (χ1n) is 8.24. The Morgan fingerprint density at radius 1 is 1.23 bits per heavy atom. The summed E-state index contributed by atoms with van der Waals surface area (Å²) in [6.07, 6.45) is 3.92. The summed E-state index contributed by atoms with van der Waals surface area (Å²) in [5.41, 5.74) is 1.09. The van der Waals surface area contributed by atoms with E-state index in [0.29, 0.717) is 23.4 Å². The van der Waals surface area contributed by atoms with Crippen LogP contribution in [0.2, 0.25) is 0 Å². The van der Waals surface area contributed by atoms with Gasteiger partial charge in [0.15, 0.2) is 11.3 Å². The van der Waals surface area contributed by atoms with Gasteiger partial charge in [-0.1, -0.05) is 12.1 Å². The minimum atomic E-state index is -0.610. The first kappa shape index (κ1) is 17.8. The Morgan fingerprint density at radius 3 is 2.81 bits per heavy atom. The van der Waals surface area contributed by atoms with Gasteiger partial charge in [0, 0.05) is 37.7 Å². The molecule has 0 radical (unpaired) electrons. The topological polar surface area (TPSA) is 59.9 Å². The highest BCUT2D eigenvalue weighted by Crippen LogP contribution is 2.14. The minimum absolute atomic E-state index is 0.0377. The van der Waals surface area contributed by atoms with Crippen LogP contribution in [0.4, 0.5) is 8.78 Å². The summed E-state index contributed by atoms with van der Waals surface area (Å²) in [7, 11) is 0. The lowest BCUT2D eigenvalue weighted by Gasteiger charge is -2.04. The predicted octanol–water partition coefficient (Wildman–Crippen LogP) is 2.79. The molecule has 134 valence electrons. The number of hydrogen-bond acceptors (Lipinski definition) is 4. The summed E-state index contributed by atoms with van der Waals surface area (Å²) in [6.45, 7) is 1.84. The molecule has 2 heterocycles. The molecular formula is C19H18F2N3O2+. The van der Waals surface area contributed by atoms with Gasteiger partial charge < -0.3 is 4.52 Å². The van der Waals surface area contributed by atoms with E-state index in [1.807, 2.05) is 13.0 Å². The molecule has 0 aliphatic heterocycles. The van der Waals surface area contributed by atoms with Crippen molar-refractivity contribution in [2.24, 2.45) is 0 Å². The van der Waals surface area contributed by atoms with Crippen LogP contribution in [0.3, 0.4) is 0 Å². The van der Waals surface area contributed by atoms with Gasteiger partial charge in [0.2, 0.25) is 12.0 Å². The quantitative estimate of drug-likeness (QED) is 0.610. The van der Waals surface area contributed by atoms with Crippen LogP contribution in [0.5, 0.6) is 0 Å². The number of nitrogens with zero attached hydrogens (tertiary/aromatic N) is 3. The van der Waals surface area contributed by atoms with Crippen molar-refractivity contribution in [3.05, 3.63) is 77.4 Å². The molecule has 1 unspecified atom stereocenters. The van der Waals surface area contributed by atoms with Crippen LogP contribution in [-0.4, -0.2) is 16.0 Å². The third kappa shape index (κ3) is 4.56. The van der Waals surface area contributed by atoms with Gasteiger partial charge in [0.05, 0.1) is 6.42 Å². The molecule has 7 heteroatoms. The highest BCUT2D eigenvalue weighted by atomic mass is 19.1. The zero-order chi connectivity index (χ0) is 18.5. The van der Waals surface area contributed by atoms with Gasteiger partial charge >= 0.3 is 0 Å². The minimum Gasteiger partial charge on any atom is -0.305 e. The average Bonchev–Trinajstić information content (AvgIpc) is 3.06. The molecule has 0 saturated carbocycles. The summed E-state index contributed by atoms with van der Waals surface area (Å²) in [5.74, 6) is -0.810. The maximum absolute atomic E-state index is 13.8. The number of ketones is 1. The second-order valence-corrected chi connectivity index (χ2v) is 6.15. The molecule has 0 N–H and O–H groups in total. The largest absolute Gasteiger partial charge is 0.305 e. The number of Topliss-reactive ketones (excluding diaryl/α,β-unsaturated/α-hetero) is 1. The molecule has 3 rings (SSSR count). The smallest absolute Gasteiger partial charge is 0.241 e. The molecule has 0 bridgehead atoms. The summed E-state index contributed by atoms with van der Waals surface area (Å²) < 4.78 is 33.5. The molecule has 1 atom stereocenters. The van der Waals surface area contributed by atoms with Crippen molar-refractivity contribution < 1.29 is 22.8 Å². The molecular weight excluding hydrogens is 340 g/mol. The number of benzene rings is 1. The van der Waals surface area contributed by atoms with E-state index in [9.17, 15) is 13.6 Å². The van der Waals surface area contributed by atoms with E-state index in [-0.39, 0.29) is 24.7 Å². The Bertz CT molecular complexity index is 897. The average molecular weight is 358 g/mol. The van der Waals surface area contributed by atoms with Crippen LogP contribution in [0.1, 0.15) is 30.0 Å². The standard InChI is InChI=1S/C19H18F2N3O2/c1-13(8-14-5-6-15(20)9-19(14)21)24-12-18(26-23-24)11-17(25)10-16-4-2-3-7-22-16/h2-7,9,12-13H,8,10-11H2,1H3/q+1. The molecule has 1 aromatic carbocycles. The van der Waals surface area contributed by atoms with Gasteiger partial charge in [-0.05, 0) is 28.4 Å². The fourth-order valence-corrected chi connectivity index (χ4v) is 2.64. The first-order chi connectivity index (χ1) is 12.5. The molecule has 2 aromatic heterocycles. The predicted molar refractivity (Wildman–Crippen MR) is 88.1 cm³/mol. The van der Waals surface area contributed by atoms with E-state index in [4.69, 9.17) is 4.52 Å². The summed E-state index contributed by atoms with van der Waals surface area (Å²) in [5, 5.41) is 3.90. The summed E-state index contributed by atoms with van der Waals surface area (Å²) >= 11 is 0. The van der Waals surface area contributed by atoms with Crippen LogP contribution >= 0.6 is 0 Å². The van der Waals surface area contributed by atoms with Crippen molar-refractivity contribution in [1.29, 1.82) is 0 Å². The van der Waals surface area contributed by atoms with E-state index in [0.717, 1.165) is 6.07 Å². The highest BCUT2D eigenvalue weighted by molar-refractivity contribution is 5.82. The molecule has 0 aliphatic rings. The molecule has 3 aromatic rings. The lowest BCUT2D eigenvalue weighted by molar-refractivity contribution is -0.782. The number of carbonyl (C=O) groups is 1. The van der Waals surface area contributed by atoms with Crippen molar-refractivity contribution in [3.63, 3.8) is 0 Å². The van der Waals surface area contributed by atoms with Crippen LogP contribution in [0.15, 0.2) is 53.3 Å². The zero-order valence-corrected chi connectivity index (χ0v) is 14.2. The Morgan fingerprint density at radius 2 is 2.08 bits per heavy atom. The van der Waals surface area contributed by atoms with Gasteiger partial charge in [-0.2, -0.15) is 0 Å². The van der Waals surface area contributed by atoms with Gasteiger partial charge in [0.1, 0.15) is 17.4 Å². The number of carbonyl (C=O) groups excluding carboxylic acids is 1. The third-order valence-corrected chi connectivity index (χ3v) is 3.99. The lowest BCUT2D eigenvalue weighted by atomic mass is 10.1. The fraction of sp³-hybridized carbons (Fsp3) is 0.263. The van der Waals surface area contributed by atoms with Gasteiger partial charge in [-0.25, -0.2) is 8.78 Å². The highest BCUT2D eigenvalue weighted by Gasteiger charge is 2.22. The van der Waals surface area contributed by atoms with Crippen molar-refractivity contribution in [2.45, 2.75) is 32.2 Å². The van der Waals surface area contributed by atoms with E-state index in [2.05, 4.69) is 10.3 Å². The Balaban J connectivity index is 1.60. The van der Waals surface area contributed by atoms with Crippen LogP contribution < -0.4 is 4.68 Å². The monoisotopic (exact) mass is 358 g/mol. The lowest BCUT2D eigenvalue weighted by Crippen LogP contribution is -2.40. The van der Waals surface area contributed by atoms with Crippen molar-refractivity contribution in [2.75, 3.05) is 0 Å².